The summed E-state index contributed by atoms with van der Waals surface area (Å²) in [4.78, 5) is 4.40. The normalized spacial score (nSPS) is 13.9. The first kappa shape index (κ1) is 7.53. The van der Waals surface area contributed by atoms with Crippen molar-refractivity contribution < 1.29 is 0 Å². The molecule has 0 N–H and O–H groups in total. The topological polar surface area (TPSA) is 12.4 Å². The molecule has 0 fully saturated rings. The van der Waals surface area contributed by atoms with Gasteiger partial charge in [-0.3, -0.25) is 4.99 Å². The monoisotopic (exact) mass is 159 g/mol. The first-order valence-corrected chi connectivity index (χ1v) is 4.43. The minimum absolute atomic E-state index is 0.579. The minimum atomic E-state index is 0.579. The van der Waals surface area contributed by atoms with E-state index < -0.39 is 0 Å². The van der Waals surface area contributed by atoms with Crippen molar-refractivity contribution in [2.75, 3.05) is 0 Å². The average Bonchev–Trinajstić information content (AvgIpc) is 2.49. The molecule has 0 bridgehead atoms. The van der Waals surface area contributed by atoms with Crippen molar-refractivity contribution in [3.05, 3.63) is 29.3 Å². The van der Waals surface area contributed by atoms with Gasteiger partial charge in [0, 0.05) is 12.6 Å². The van der Waals surface area contributed by atoms with Gasteiger partial charge in [-0.05, 0) is 17.0 Å². The molecular weight excluding hydrogens is 146 g/mol. The summed E-state index contributed by atoms with van der Waals surface area (Å²) < 4.78 is 0. The van der Waals surface area contributed by atoms with Crippen LogP contribution in [-0.2, 0) is 6.42 Å². The van der Waals surface area contributed by atoms with Gasteiger partial charge in [0.1, 0.15) is 0 Å². The molecular formula is C11H13N. The van der Waals surface area contributed by atoms with Crippen LogP contribution in [0.5, 0.6) is 0 Å². The zero-order valence-corrected chi connectivity index (χ0v) is 7.54. The highest BCUT2D eigenvalue weighted by atomic mass is 14.8. The maximum absolute atomic E-state index is 4.40. The van der Waals surface area contributed by atoms with Crippen molar-refractivity contribution in [1.82, 2.24) is 0 Å². The Kier molecular flexibility index (Phi) is 1.72. The maximum atomic E-state index is 4.40. The molecule has 0 aliphatic carbocycles. The molecule has 12 heavy (non-hydrogen) atoms. The Hall–Kier alpha value is -1.11. The van der Waals surface area contributed by atoms with Crippen LogP contribution in [0.2, 0.25) is 0 Å². The van der Waals surface area contributed by atoms with Gasteiger partial charge in [0.05, 0.1) is 5.69 Å². The Labute approximate surface area is 73.1 Å². The predicted molar refractivity (Wildman–Crippen MR) is 52.4 cm³/mol. The Morgan fingerprint density at radius 1 is 1.33 bits per heavy atom. The van der Waals surface area contributed by atoms with E-state index in [4.69, 9.17) is 0 Å². The van der Waals surface area contributed by atoms with E-state index in [1.807, 2.05) is 6.21 Å². The molecule has 0 spiro atoms. The zero-order valence-electron chi connectivity index (χ0n) is 7.54. The largest absolute Gasteiger partial charge is 0.260 e. The smallest absolute Gasteiger partial charge is 0.0696 e. The number of rotatable bonds is 1. The number of hydrogen-bond donors (Lipinski definition) is 0. The lowest BCUT2D eigenvalue weighted by Gasteiger charge is -2.08. The van der Waals surface area contributed by atoms with Gasteiger partial charge >= 0.3 is 0 Å². The molecule has 0 saturated heterocycles. The summed E-state index contributed by atoms with van der Waals surface area (Å²) in [5.74, 6) is 0.579. The lowest BCUT2D eigenvalue weighted by Crippen LogP contribution is -1.88. The summed E-state index contributed by atoms with van der Waals surface area (Å²) in [6.45, 7) is 4.42. The summed E-state index contributed by atoms with van der Waals surface area (Å²) in [5, 5.41) is 0. The fourth-order valence-corrected chi connectivity index (χ4v) is 1.63. The van der Waals surface area contributed by atoms with Crippen LogP contribution in [0.3, 0.4) is 0 Å². The van der Waals surface area contributed by atoms with E-state index in [-0.39, 0.29) is 0 Å². The van der Waals surface area contributed by atoms with Crippen LogP contribution in [0.4, 0.5) is 5.69 Å². The summed E-state index contributed by atoms with van der Waals surface area (Å²) in [5.41, 5.74) is 3.97. The second kappa shape index (κ2) is 2.74. The van der Waals surface area contributed by atoms with Crippen LogP contribution >= 0.6 is 0 Å². The van der Waals surface area contributed by atoms with Gasteiger partial charge in [0.25, 0.3) is 0 Å². The Balaban J connectivity index is 2.56. The highest BCUT2D eigenvalue weighted by molar-refractivity contribution is 5.77. The van der Waals surface area contributed by atoms with Crippen LogP contribution in [0.15, 0.2) is 23.2 Å². The number of benzene rings is 1. The summed E-state index contributed by atoms with van der Waals surface area (Å²) in [7, 11) is 0. The molecule has 0 radical (unpaired) electrons. The molecule has 2 rings (SSSR count). The fraction of sp³-hybridized carbons (Fsp3) is 0.364. The molecule has 1 nitrogen and oxygen atoms in total. The standard InChI is InChI=1S/C11H13N/c1-8(2)10-5-3-4-9-6-7-12-11(9)10/h3-5,7-8H,6H2,1-2H3. The second-order valence-electron chi connectivity index (χ2n) is 3.53. The number of hydrogen-bond acceptors (Lipinski definition) is 1. The Morgan fingerprint density at radius 3 is 2.92 bits per heavy atom. The van der Waals surface area contributed by atoms with Gasteiger partial charge in [-0.1, -0.05) is 32.0 Å². The van der Waals surface area contributed by atoms with Gasteiger partial charge in [-0.15, -0.1) is 0 Å². The van der Waals surface area contributed by atoms with Gasteiger partial charge in [-0.25, -0.2) is 0 Å². The third-order valence-corrected chi connectivity index (χ3v) is 2.30. The van der Waals surface area contributed by atoms with Crippen LogP contribution in [-0.4, -0.2) is 6.21 Å². The molecule has 62 valence electrons. The summed E-state index contributed by atoms with van der Waals surface area (Å²) in [6, 6.07) is 6.46. The van der Waals surface area contributed by atoms with E-state index in [1.54, 1.807) is 0 Å². The van der Waals surface area contributed by atoms with Gasteiger partial charge < -0.3 is 0 Å². The summed E-state index contributed by atoms with van der Waals surface area (Å²) >= 11 is 0. The molecule has 0 atom stereocenters. The third kappa shape index (κ3) is 1.06. The van der Waals surface area contributed by atoms with Crippen molar-refractivity contribution in [2.45, 2.75) is 26.2 Å². The third-order valence-electron chi connectivity index (χ3n) is 2.30. The number of aliphatic imine (C=N–C) groups is 1. The van der Waals surface area contributed by atoms with E-state index >= 15 is 0 Å². The number of fused-ring (bicyclic) bond motifs is 1. The van der Waals surface area contributed by atoms with Crippen LogP contribution in [0.1, 0.15) is 30.9 Å². The highest BCUT2D eigenvalue weighted by Gasteiger charge is 2.12. The molecule has 0 saturated carbocycles. The first-order chi connectivity index (χ1) is 5.79. The number of nitrogens with zero attached hydrogens (tertiary/aromatic N) is 1. The van der Waals surface area contributed by atoms with Crippen molar-refractivity contribution >= 4 is 11.9 Å². The van der Waals surface area contributed by atoms with E-state index in [2.05, 4.69) is 37.0 Å². The number of para-hydroxylation sites is 1. The molecule has 0 unspecified atom stereocenters. The molecule has 1 heteroatoms. The highest BCUT2D eigenvalue weighted by Crippen LogP contribution is 2.32. The Bertz CT molecular complexity index is 324. The lowest BCUT2D eigenvalue weighted by molar-refractivity contribution is 0.866. The molecule has 1 aliphatic rings. The molecule has 0 aromatic heterocycles. The first-order valence-electron chi connectivity index (χ1n) is 4.43. The van der Waals surface area contributed by atoms with Crippen molar-refractivity contribution in [3.8, 4) is 0 Å². The van der Waals surface area contributed by atoms with Gasteiger partial charge in [-0.2, -0.15) is 0 Å². The van der Waals surface area contributed by atoms with Crippen molar-refractivity contribution in [1.29, 1.82) is 0 Å². The van der Waals surface area contributed by atoms with Crippen molar-refractivity contribution in [2.24, 2.45) is 4.99 Å². The van der Waals surface area contributed by atoms with Gasteiger partial charge in [0.15, 0.2) is 0 Å². The van der Waals surface area contributed by atoms with E-state index in [9.17, 15) is 0 Å². The molecule has 1 aromatic carbocycles. The predicted octanol–water partition coefficient (Wildman–Crippen LogP) is 3.07. The van der Waals surface area contributed by atoms with Crippen molar-refractivity contribution in [3.63, 3.8) is 0 Å². The van der Waals surface area contributed by atoms with E-state index in [0.717, 1.165) is 6.42 Å². The quantitative estimate of drug-likeness (QED) is 0.597. The van der Waals surface area contributed by atoms with E-state index in [1.165, 1.54) is 16.8 Å². The van der Waals surface area contributed by atoms with Gasteiger partial charge in [0.2, 0.25) is 0 Å². The van der Waals surface area contributed by atoms with E-state index in [0.29, 0.717) is 5.92 Å². The van der Waals surface area contributed by atoms with Crippen LogP contribution in [0.25, 0.3) is 0 Å². The molecule has 1 aliphatic heterocycles. The van der Waals surface area contributed by atoms with Crippen LogP contribution < -0.4 is 0 Å². The average molecular weight is 159 g/mol. The summed E-state index contributed by atoms with van der Waals surface area (Å²) in [6.07, 6.45) is 3.01. The Morgan fingerprint density at radius 2 is 2.17 bits per heavy atom. The maximum Gasteiger partial charge on any atom is 0.0696 e. The fourth-order valence-electron chi connectivity index (χ4n) is 1.63. The lowest BCUT2D eigenvalue weighted by atomic mass is 9.98. The van der Waals surface area contributed by atoms with Crippen LogP contribution in [0, 0.1) is 0 Å². The SMILES string of the molecule is CC(C)c1cccc2c1N=CC2. The minimum Gasteiger partial charge on any atom is -0.260 e. The molecule has 1 aromatic rings. The molecule has 0 amide bonds. The second-order valence-corrected chi connectivity index (χ2v) is 3.53. The molecule has 1 heterocycles. The zero-order chi connectivity index (χ0) is 8.55.